The van der Waals surface area contributed by atoms with Crippen LogP contribution in [0.3, 0.4) is 0 Å². The summed E-state index contributed by atoms with van der Waals surface area (Å²) in [4.78, 5) is 14.3. The summed E-state index contributed by atoms with van der Waals surface area (Å²) in [7, 11) is 2.09. The minimum absolute atomic E-state index is 0.522. The fraction of sp³-hybridized carbons (Fsp3) is 0.524. The number of hydrogen-bond acceptors (Lipinski definition) is 4. The molecule has 0 radical (unpaired) electrons. The number of aryl methyl sites for hydroxylation is 1. The van der Waals surface area contributed by atoms with E-state index in [1.54, 1.807) is 11.3 Å². The van der Waals surface area contributed by atoms with Gasteiger partial charge < -0.3 is 10.2 Å². The molecule has 0 aliphatic carbocycles. The molecule has 0 amide bonds. The maximum absolute atomic E-state index is 4.96. The molecule has 27 heavy (non-hydrogen) atoms. The smallest absolute Gasteiger partial charge is 0.194 e. The highest BCUT2D eigenvalue weighted by Crippen LogP contribution is 2.20. The van der Waals surface area contributed by atoms with Gasteiger partial charge in [0.1, 0.15) is 0 Å². The number of aromatic nitrogens is 1. The van der Waals surface area contributed by atoms with Gasteiger partial charge in [-0.25, -0.2) is 4.98 Å². The number of thiazole rings is 1. The van der Waals surface area contributed by atoms with Gasteiger partial charge in [0.15, 0.2) is 5.96 Å². The van der Waals surface area contributed by atoms with Crippen LogP contribution >= 0.6 is 11.3 Å². The van der Waals surface area contributed by atoms with Crippen LogP contribution in [0.5, 0.6) is 0 Å². The van der Waals surface area contributed by atoms with Gasteiger partial charge in [0.05, 0.1) is 23.8 Å². The molecule has 1 fully saturated rings. The lowest BCUT2D eigenvalue weighted by atomic mass is 10.2. The first-order valence-electron chi connectivity index (χ1n) is 9.84. The molecule has 5 nitrogen and oxygen atoms in total. The van der Waals surface area contributed by atoms with Crippen molar-refractivity contribution in [2.45, 2.75) is 45.8 Å². The molecule has 1 unspecified atom stereocenters. The molecule has 146 valence electrons. The third-order valence-electron chi connectivity index (χ3n) is 4.94. The summed E-state index contributed by atoms with van der Waals surface area (Å²) < 4.78 is 0. The third kappa shape index (κ3) is 5.78. The van der Waals surface area contributed by atoms with E-state index >= 15 is 0 Å². The van der Waals surface area contributed by atoms with Gasteiger partial charge in [-0.2, -0.15) is 0 Å². The topological polar surface area (TPSA) is 43.8 Å². The van der Waals surface area contributed by atoms with Crippen LogP contribution < -0.4 is 5.32 Å². The zero-order valence-electron chi connectivity index (χ0n) is 16.7. The van der Waals surface area contributed by atoms with Gasteiger partial charge in [-0.15, -0.1) is 11.3 Å². The van der Waals surface area contributed by atoms with Crippen LogP contribution in [0.15, 0.2) is 40.7 Å². The molecule has 1 saturated heterocycles. The van der Waals surface area contributed by atoms with E-state index in [-0.39, 0.29) is 0 Å². The van der Waals surface area contributed by atoms with Crippen molar-refractivity contribution < 1.29 is 0 Å². The molecule has 1 aliphatic heterocycles. The predicted octanol–water partition coefficient (Wildman–Crippen LogP) is 3.51. The van der Waals surface area contributed by atoms with Gasteiger partial charge in [-0.1, -0.05) is 30.3 Å². The van der Waals surface area contributed by atoms with Gasteiger partial charge in [-0.3, -0.25) is 9.89 Å². The minimum atomic E-state index is 0.522. The standard InChI is InChI=1S/C21H31N5S/c1-4-22-21(25(3)15-19-16-27-17(2)24-19)23-13-20-11-8-12-26(20)14-18-9-6-5-7-10-18/h5-7,9-10,16,20H,4,8,11-15H2,1-3H3,(H,22,23). The molecule has 3 rings (SSSR count). The van der Waals surface area contributed by atoms with Crippen molar-refractivity contribution in [3.63, 3.8) is 0 Å². The van der Waals surface area contributed by atoms with Crippen LogP contribution in [0, 0.1) is 6.92 Å². The summed E-state index contributed by atoms with van der Waals surface area (Å²) in [6.45, 7) is 8.86. The quantitative estimate of drug-likeness (QED) is 0.585. The van der Waals surface area contributed by atoms with Crippen LogP contribution in [0.2, 0.25) is 0 Å². The molecule has 0 bridgehead atoms. The normalized spacial score (nSPS) is 18.0. The van der Waals surface area contributed by atoms with E-state index in [1.165, 1.54) is 24.9 Å². The van der Waals surface area contributed by atoms with Crippen molar-refractivity contribution in [1.82, 2.24) is 20.1 Å². The van der Waals surface area contributed by atoms with Gasteiger partial charge >= 0.3 is 0 Å². The third-order valence-corrected chi connectivity index (χ3v) is 5.76. The molecule has 0 saturated carbocycles. The second-order valence-corrected chi connectivity index (χ2v) is 8.22. The molecule has 1 aromatic heterocycles. The Bertz CT molecular complexity index is 727. The number of hydrogen-bond donors (Lipinski definition) is 1. The lowest BCUT2D eigenvalue weighted by Gasteiger charge is -2.25. The highest BCUT2D eigenvalue weighted by Gasteiger charge is 2.24. The molecule has 2 aromatic rings. The maximum Gasteiger partial charge on any atom is 0.194 e. The first-order valence-corrected chi connectivity index (χ1v) is 10.7. The Morgan fingerprint density at radius 2 is 2.19 bits per heavy atom. The summed E-state index contributed by atoms with van der Waals surface area (Å²) in [5.41, 5.74) is 2.49. The molecule has 1 aliphatic rings. The van der Waals surface area contributed by atoms with Crippen LogP contribution in [0.25, 0.3) is 0 Å². The summed E-state index contributed by atoms with van der Waals surface area (Å²) in [5.74, 6) is 0.967. The Labute approximate surface area is 167 Å². The van der Waals surface area contributed by atoms with E-state index in [9.17, 15) is 0 Å². The molecule has 1 N–H and O–H groups in total. The van der Waals surface area contributed by atoms with Gasteiger partial charge in [0.25, 0.3) is 0 Å². The first-order chi connectivity index (χ1) is 13.2. The van der Waals surface area contributed by atoms with Gasteiger partial charge in [-0.05, 0) is 38.8 Å². The number of nitrogens with zero attached hydrogens (tertiary/aromatic N) is 4. The molecule has 2 heterocycles. The van der Waals surface area contributed by atoms with Crippen molar-refractivity contribution in [3.05, 3.63) is 52.0 Å². The second kappa shape index (κ2) is 9.85. The minimum Gasteiger partial charge on any atom is -0.357 e. The van der Waals surface area contributed by atoms with E-state index in [4.69, 9.17) is 4.99 Å². The fourth-order valence-electron chi connectivity index (χ4n) is 3.59. The molecule has 1 aromatic carbocycles. The second-order valence-electron chi connectivity index (χ2n) is 7.16. The molecular formula is C21H31N5S. The largest absolute Gasteiger partial charge is 0.357 e. The Morgan fingerprint density at radius 3 is 2.89 bits per heavy atom. The van der Waals surface area contributed by atoms with Crippen LogP contribution in [0.4, 0.5) is 0 Å². The SMILES string of the molecule is CCNC(=NCC1CCCN1Cc1ccccc1)N(C)Cc1csc(C)n1. The van der Waals surface area contributed by atoms with E-state index in [2.05, 4.69) is 76.7 Å². The molecular weight excluding hydrogens is 354 g/mol. The molecule has 1 atom stereocenters. The monoisotopic (exact) mass is 385 g/mol. The van der Waals surface area contributed by atoms with Crippen molar-refractivity contribution in [3.8, 4) is 0 Å². The zero-order valence-corrected chi connectivity index (χ0v) is 17.5. The van der Waals surface area contributed by atoms with E-state index < -0.39 is 0 Å². The average molecular weight is 386 g/mol. The number of benzene rings is 1. The predicted molar refractivity (Wildman–Crippen MR) is 114 cm³/mol. The lowest BCUT2D eigenvalue weighted by molar-refractivity contribution is 0.250. The van der Waals surface area contributed by atoms with Gasteiger partial charge in [0, 0.05) is 31.6 Å². The van der Waals surface area contributed by atoms with Crippen LogP contribution in [0.1, 0.15) is 36.0 Å². The maximum atomic E-state index is 4.96. The lowest BCUT2D eigenvalue weighted by Crippen LogP contribution is -2.40. The highest BCUT2D eigenvalue weighted by molar-refractivity contribution is 7.09. The summed E-state index contributed by atoms with van der Waals surface area (Å²) in [5, 5.41) is 6.68. The molecule has 0 spiro atoms. The van der Waals surface area contributed by atoms with E-state index in [0.29, 0.717) is 6.04 Å². The van der Waals surface area contributed by atoms with Crippen LogP contribution in [-0.2, 0) is 13.1 Å². The van der Waals surface area contributed by atoms with Crippen molar-refractivity contribution in [1.29, 1.82) is 0 Å². The Morgan fingerprint density at radius 1 is 1.37 bits per heavy atom. The number of likely N-dealkylation sites (tertiary alicyclic amines) is 1. The summed E-state index contributed by atoms with van der Waals surface area (Å²) in [6, 6.07) is 11.3. The van der Waals surface area contributed by atoms with E-state index in [0.717, 1.165) is 42.8 Å². The zero-order chi connectivity index (χ0) is 19.1. The number of aliphatic imine (C=N–C) groups is 1. The molecule has 6 heteroatoms. The number of rotatable bonds is 7. The number of nitrogens with one attached hydrogen (secondary N) is 1. The Hall–Kier alpha value is -1.92. The van der Waals surface area contributed by atoms with E-state index in [1.807, 2.05) is 0 Å². The van der Waals surface area contributed by atoms with Gasteiger partial charge in [0.2, 0.25) is 0 Å². The highest BCUT2D eigenvalue weighted by atomic mass is 32.1. The van der Waals surface area contributed by atoms with Crippen LogP contribution in [-0.4, -0.2) is 53.5 Å². The first kappa shape index (κ1) is 19.8. The van der Waals surface area contributed by atoms with Crippen molar-refractivity contribution >= 4 is 17.3 Å². The van der Waals surface area contributed by atoms with Crippen molar-refractivity contribution in [2.24, 2.45) is 4.99 Å². The summed E-state index contributed by atoms with van der Waals surface area (Å²) >= 11 is 1.70. The summed E-state index contributed by atoms with van der Waals surface area (Å²) in [6.07, 6.45) is 2.49. The number of guanidine groups is 1. The average Bonchev–Trinajstić information content (AvgIpc) is 3.28. The Balaban J connectivity index is 1.61. The Kier molecular flexibility index (Phi) is 7.24. The fourth-order valence-corrected chi connectivity index (χ4v) is 4.19. The van der Waals surface area contributed by atoms with Crippen molar-refractivity contribution in [2.75, 3.05) is 26.7 Å².